The minimum absolute atomic E-state index is 0.0117. The molecule has 9 heteroatoms. The van der Waals surface area contributed by atoms with Crippen LogP contribution < -0.4 is 16.0 Å². The number of benzene rings is 2. The molecule has 0 bridgehead atoms. The maximum Gasteiger partial charge on any atom is 0.290 e. The zero-order valence-corrected chi connectivity index (χ0v) is 16.7. The fourth-order valence-corrected chi connectivity index (χ4v) is 4.04. The Morgan fingerprint density at radius 1 is 1.10 bits per heavy atom. The number of hydrogen-bond donors (Lipinski definition) is 2. The predicted molar refractivity (Wildman–Crippen MR) is 116 cm³/mol. The Hall–Kier alpha value is -3.36. The number of nitrogens with two attached hydrogens (primary N) is 1. The van der Waals surface area contributed by atoms with Crippen LogP contribution in [0.5, 0.6) is 11.5 Å². The standard InChI is InChI=1S/C21H19ClN6O2/c22-27-11-10-14(12-27)28-19-17(20(23)24-25-21(19)29)18(26-28)13-6-8-16(9-7-13)30-15-4-2-1-3-5-15/h1-9,14H,10-12H2,(H2,23,24)(H,25,29)/t14-/m1/s1. The van der Waals surface area contributed by atoms with Crippen LogP contribution in [0.1, 0.15) is 12.5 Å². The molecular weight excluding hydrogens is 404 g/mol. The summed E-state index contributed by atoms with van der Waals surface area (Å²) in [5.41, 5.74) is 7.66. The molecule has 8 nitrogen and oxygen atoms in total. The van der Waals surface area contributed by atoms with Crippen LogP contribution in [0.15, 0.2) is 59.4 Å². The van der Waals surface area contributed by atoms with E-state index in [-0.39, 0.29) is 17.4 Å². The Kier molecular flexibility index (Phi) is 4.65. The van der Waals surface area contributed by atoms with Crippen LogP contribution in [-0.4, -0.2) is 37.5 Å². The van der Waals surface area contributed by atoms with E-state index >= 15 is 0 Å². The molecule has 1 fully saturated rings. The van der Waals surface area contributed by atoms with Crippen molar-refractivity contribution >= 4 is 28.5 Å². The van der Waals surface area contributed by atoms with Gasteiger partial charge in [0.05, 0.1) is 11.4 Å². The molecule has 2 aromatic heterocycles. The van der Waals surface area contributed by atoms with Crippen LogP contribution in [0, 0.1) is 0 Å². The summed E-state index contributed by atoms with van der Waals surface area (Å²) >= 11 is 6.14. The average Bonchev–Trinajstić information content (AvgIpc) is 3.37. The quantitative estimate of drug-likeness (QED) is 0.487. The molecule has 0 unspecified atom stereocenters. The predicted octanol–water partition coefficient (Wildman–Crippen LogP) is 3.56. The normalized spacial score (nSPS) is 16.9. The Morgan fingerprint density at radius 2 is 1.83 bits per heavy atom. The monoisotopic (exact) mass is 422 g/mol. The summed E-state index contributed by atoms with van der Waals surface area (Å²) < 4.78 is 9.30. The van der Waals surface area contributed by atoms with E-state index in [4.69, 9.17) is 27.3 Å². The fourth-order valence-electron chi connectivity index (χ4n) is 3.79. The molecule has 1 aliphatic rings. The second kappa shape index (κ2) is 7.47. The van der Waals surface area contributed by atoms with E-state index in [0.29, 0.717) is 28.9 Å². The molecule has 0 spiro atoms. The minimum Gasteiger partial charge on any atom is -0.457 e. The largest absolute Gasteiger partial charge is 0.457 e. The van der Waals surface area contributed by atoms with Gasteiger partial charge in [-0.3, -0.25) is 9.48 Å². The lowest BCUT2D eigenvalue weighted by molar-refractivity contribution is 0.470. The van der Waals surface area contributed by atoms with Crippen LogP contribution in [-0.2, 0) is 0 Å². The molecule has 152 valence electrons. The van der Waals surface area contributed by atoms with Gasteiger partial charge in [-0.15, -0.1) is 0 Å². The van der Waals surface area contributed by atoms with Gasteiger partial charge in [-0.2, -0.15) is 10.2 Å². The van der Waals surface area contributed by atoms with Crippen LogP contribution in [0.4, 0.5) is 5.82 Å². The first-order chi connectivity index (χ1) is 14.6. The van der Waals surface area contributed by atoms with E-state index in [9.17, 15) is 4.79 Å². The second-order valence-electron chi connectivity index (χ2n) is 7.21. The molecule has 2 aromatic carbocycles. The maximum absolute atomic E-state index is 12.6. The Bertz CT molecular complexity index is 1250. The van der Waals surface area contributed by atoms with E-state index in [1.54, 1.807) is 9.10 Å². The average molecular weight is 423 g/mol. The zero-order chi connectivity index (χ0) is 20.7. The number of ether oxygens (including phenoxy) is 1. The highest BCUT2D eigenvalue weighted by molar-refractivity contribution is 6.13. The summed E-state index contributed by atoms with van der Waals surface area (Å²) in [6, 6.07) is 17.1. The number of fused-ring (bicyclic) bond motifs is 1. The summed E-state index contributed by atoms with van der Waals surface area (Å²) in [4.78, 5) is 12.6. The van der Waals surface area contributed by atoms with Gasteiger partial charge in [0.15, 0.2) is 5.82 Å². The van der Waals surface area contributed by atoms with E-state index in [0.717, 1.165) is 24.3 Å². The molecule has 5 rings (SSSR count). The number of nitrogens with one attached hydrogen (secondary N) is 1. The van der Waals surface area contributed by atoms with Crippen molar-refractivity contribution in [2.45, 2.75) is 12.5 Å². The number of para-hydroxylation sites is 1. The molecule has 3 heterocycles. The molecule has 0 radical (unpaired) electrons. The first-order valence-electron chi connectivity index (χ1n) is 9.60. The third-order valence-electron chi connectivity index (χ3n) is 5.23. The highest BCUT2D eigenvalue weighted by atomic mass is 35.5. The lowest BCUT2D eigenvalue weighted by Crippen LogP contribution is -2.19. The maximum atomic E-state index is 12.6. The SMILES string of the molecule is Nc1n[nH]c(=O)c2c1c(-c1ccc(Oc3ccccc3)cc1)nn2[C@@H]1CCN(Cl)C1. The van der Waals surface area contributed by atoms with Crippen molar-refractivity contribution in [1.29, 1.82) is 0 Å². The molecule has 1 atom stereocenters. The van der Waals surface area contributed by atoms with Gasteiger partial charge in [-0.05, 0) is 54.6 Å². The van der Waals surface area contributed by atoms with Gasteiger partial charge in [0.25, 0.3) is 5.56 Å². The molecule has 1 saturated heterocycles. The van der Waals surface area contributed by atoms with Gasteiger partial charge >= 0.3 is 0 Å². The Balaban J connectivity index is 1.57. The number of aromatic amines is 1. The van der Waals surface area contributed by atoms with Gasteiger partial charge in [-0.1, -0.05) is 18.2 Å². The van der Waals surface area contributed by atoms with Crippen molar-refractivity contribution in [3.8, 4) is 22.8 Å². The molecule has 1 aliphatic heterocycles. The van der Waals surface area contributed by atoms with Gasteiger partial charge in [0.1, 0.15) is 22.7 Å². The zero-order valence-electron chi connectivity index (χ0n) is 16.0. The van der Waals surface area contributed by atoms with Gasteiger partial charge in [-0.25, -0.2) is 9.52 Å². The first-order valence-corrected chi connectivity index (χ1v) is 9.94. The summed E-state index contributed by atoms with van der Waals surface area (Å²) in [6.45, 7) is 1.33. The van der Waals surface area contributed by atoms with Gasteiger partial charge in [0, 0.05) is 18.7 Å². The fraction of sp³-hybridized carbons (Fsp3) is 0.190. The van der Waals surface area contributed by atoms with Crippen molar-refractivity contribution in [2.75, 3.05) is 18.8 Å². The van der Waals surface area contributed by atoms with E-state index in [1.165, 1.54) is 0 Å². The highest BCUT2D eigenvalue weighted by Gasteiger charge is 2.28. The Morgan fingerprint density at radius 3 is 2.53 bits per heavy atom. The number of halogens is 1. The number of rotatable bonds is 4. The van der Waals surface area contributed by atoms with Crippen LogP contribution in [0.25, 0.3) is 22.2 Å². The van der Waals surface area contributed by atoms with Crippen LogP contribution in [0.2, 0.25) is 0 Å². The molecule has 0 saturated carbocycles. The summed E-state index contributed by atoms with van der Waals surface area (Å²) in [5.74, 6) is 1.69. The number of anilines is 1. The number of H-pyrrole nitrogens is 1. The summed E-state index contributed by atoms with van der Waals surface area (Å²) in [7, 11) is 0. The van der Waals surface area contributed by atoms with Crippen molar-refractivity contribution in [1.82, 2.24) is 24.4 Å². The molecule has 4 aromatic rings. The number of hydrogen-bond acceptors (Lipinski definition) is 6. The van der Waals surface area contributed by atoms with Crippen molar-refractivity contribution in [3.63, 3.8) is 0 Å². The molecule has 3 N–H and O–H groups in total. The smallest absolute Gasteiger partial charge is 0.290 e. The van der Waals surface area contributed by atoms with Gasteiger partial charge in [0.2, 0.25) is 0 Å². The third kappa shape index (κ3) is 3.30. The number of aromatic nitrogens is 4. The lowest BCUT2D eigenvalue weighted by atomic mass is 10.1. The second-order valence-corrected chi connectivity index (χ2v) is 7.68. The van der Waals surface area contributed by atoms with Crippen LogP contribution >= 0.6 is 11.8 Å². The highest BCUT2D eigenvalue weighted by Crippen LogP contribution is 2.34. The van der Waals surface area contributed by atoms with E-state index in [1.807, 2.05) is 54.6 Å². The molecule has 30 heavy (non-hydrogen) atoms. The van der Waals surface area contributed by atoms with E-state index < -0.39 is 0 Å². The molecule has 0 aliphatic carbocycles. The topological polar surface area (TPSA) is 102 Å². The molecular formula is C21H19ClN6O2. The van der Waals surface area contributed by atoms with Crippen molar-refractivity contribution in [3.05, 3.63) is 65.0 Å². The van der Waals surface area contributed by atoms with Gasteiger partial charge < -0.3 is 10.5 Å². The third-order valence-corrected chi connectivity index (χ3v) is 5.53. The van der Waals surface area contributed by atoms with E-state index in [2.05, 4.69) is 10.2 Å². The summed E-state index contributed by atoms with van der Waals surface area (Å²) in [5, 5.41) is 11.7. The minimum atomic E-state index is -0.324. The van der Waals surface area contributed by atoms with Crippen molar-refractivity contribution in [2.24, 2.45) is 0 Å². The van der Waals surface area contributed by atoms with Crippen molar-refractivity contribution < 1.29 is 4.74 Å². The number of nitrogens with zero attached hydrogens (tertiary/aromatic N) is 4. The first kappa shape index (κ1) is 18.7. The number of nitrogen functional groups attached to an aromatic ring is 1. The Labute approximate surface area is 176 Å². The lowest BCUT2D eigenvalue weighted by Gasteiger charge is -2.10. The summed E-state index contributed by atoms with van der Waals surface area (Å²) in [6.07, 6.45) is 0.797. The molecule has 0 amide bonds. The van der Waals surface area contributed by atoms with Crippen LogP contribution in [0.3, 0.4) is 0 Å².